The molecule has 5 heteroatoms. The number of aromatic nitrogens is 2. The molecule has 0 aliphatic heterocycles. The van der Waals surface area contributed by atoms with Gasteiger partial charge in [0.05, 0.1) is 0 Å². The molecule has 5 nitrogen and oxygen atoms in total. The first-order chi connectivity index (χ1) is 9.13. The van der Waals surface area contributed by atoms with Crippen molar-refractivity contribution in [3.8, 4) is 0 Å². The molecular weight excluding hydrogens is 238 g/mol. The third-order valence-electron chi connectivity index (χ3n) is 4.03. The number of hydrogen-bond donors (Lipinski definition) is 3. The fourth-order valence-corrected chi connectivity index (χ4v) is 2.88. The Morgan fingerprint density at radius 3 is 2.53 bits per heavy atom. The Balaban J connectivity index is 2.23. The third-order valence-corrected chi connectivity index (χ3v) is 4.03. The van der Waals surface area contributed by atoms with Gasteiger partial charge >= 0.3 is 0 Å². The average molecular weight is 263 g/mol. The summed E-state index contributed by atoms with van der Waals surface area (Å²) in [5.74, 6) is 8.22. The van der Waals surface area contributed by atoms with E-state index in [4.69, 9.17) is 5.84 Å². The summed E-state index contributed by atoms with van der Waals surface area (Å²) < 4.78 is 0. The quantitative estimate of drug-likeness (QED) is 0.575. The van der Waals surface area contributed by atoms with Gasteiger partial charge in [-0.05, 0) is 24.7 Å². The molecule has 0 radical (unpaired) electrons. The van der Waals surface area contributed by atoms with Gasteiger partial charge in [-0.1, -0.05) is 33.6 Å². The molecule has 1 fully saturated rings. The smallest absolute Gasteiger partial charge is 0.148 e. The lowest BCUT2D eigenvalue weighted by Gasteiger charge is -2.31. The van der Waals surface area contributed by atoms with Crippen molar-refractivity contribution in [1.29, 1.82) is 0 Å². The van der Waals surface area contributed by atoms with Gasteiger partial charge in [-0.3, -0.25) is 0 Å². The minimum absolute atomic E-state index is 0.327. The van der Waals surface area contributed by atoms with Crippen LogP contribution in [-0.4, -0.2) is 16.0 Å². The van der Waals surface area contributed by atoms with Gasteiger partial charge in [-0.25, -0.2) is 15.8 Å². The zero-order valence-corrected chi connectivity index (χ0v) is 12.1. The van der Waals surface area contributed by atoms with Crippen molar-refractivity contribution in [2.24, 2.45) is 11.8 Å². The highest BCUT2D eigenvalue weighted by Crippen LogP contribution is 2.31. The normalized spacial score (nSPS) is 23.4. The van der Waals surface area contributed by atoms with Crippen molar-refractivity contribution < 1.29 is 0 Å². The minimum Gasteiger partial charge on any atom is -0.367 e. The highest BCUT2D eigenvalue weighted by atomic mass is 15.3. The molecule has 1 aliphatic rings. The Morgan fingerprint density at radius 1 is 1.21 bits per heavy atom. The van der Waals surface area contributed by atoms with Crippen molar-refractivity contribution >= 4 is 11.6 Å². The van der Waals surface area contributed by atoms with Gasteiger partial charge in [0.25, 0.3) is 0 Å². The minimum atomic E-state index is 0.327. The molecule has 2 unspecified atom stereocenters. The molecule has 4 N–H and O–H groups in total. The van der Waals surface area contributed by atoms with Crippen LogP contribution in [0.5, 0.6) is 0 Å². The van der Waals surface area contributed by atoms with E-state index in [0.29, 0.717) is 17.9 Å². The van der Waals surface area contributed by atoms with Crippen LogP contribution in [0, 0.1) is 5.92 Å². The van der Waals surface area contributed by atoms with E-state index in [0.717, 1.165) is 17.2 Å². The lowest BCUT2D eigenvalue weighted by Crippen LogP contribution is -2.31. The van der Waals surface area contributed by atoms with Crippen LogP contribution < -0.4 is 16.6 Å². The molecule has 0 bridgehead atoms. The summed E-state index contributed by atoms with van der Waals surface area (Å²) >= 11 is 0. The summed E-state index contributed by atoms with van der Waals surface area (Å²) in [5, 5.41) is 3.61. The monoisotopic (exact) mass is 263 g/mol. The van der Waals surface area contributed by atoms with Crippen LogP contribution in [0.2, 0.25) is 0 Å². The summed E-state index contributed by atoms with van der Waals surface area (Å²) in [4.78, 5) is 8.62. The number of hydrogen-bond acceptors (Lipinski definition) is 5. The van der Waals surface area contributed by atoms with E-state index < -0.39 is 0 Å². The molecule has 1 saturated carbocycles. The van der Waals surface area contributed by atoms with E-state index in [1.807, 2.05) is 0 Å². The summed E-state index contributed by atoms with van der Waals surface area (Å²) in [6, 6.07) is 0.506. The number of anilines is 2. The molecule has 19 heavy (non-hydrogen) atoms. The van der Waals surface area contributed by atoms with E-state index in [9.17, 15) is 0 Å². The molecule has 106 valence electrons. The summed E-state index contributed by atoms with van der Waals surface area (Å²) in [5.41, 5.74) is 3.75. The second kappa shape index (κ2) is 6.19. The molecular formula is C14H25N5. The highest BCUT2D eigenvalue weighted by Gasteiger charge is 2.23. The molecule has 0 saturated heterocycles. The van der Waals surface area contributed by atoms with E-state index >= 15 is 0 Å². The number of nitrogens with one attached hydrogen (secondary N) is 2. The van der Waals surface area contributed by atoms with Gasteiger partial charge in [0.2, 0.25) is 0 Å². The maximum absolute atomic E-state index is 5.55. The van der Waals surface area contributed by atoms with Crippen molar-refractivity contribution in [3.63, 3.8) is 0 Å². The fourth-order valence-electron chi connectivity index (χ4n) is 2.88. The van der Waals surface area contributed by atoms with E-state index in [2.05, 4.69) is 41.5 Å². The molecule has 1 heterocycles. The van der Waals surface area contributed by atoms with Gasteiger partial charge in [0.15, 0.2) is 0 Å². The van der Waals surface area contributed by atoms with E-state index in [-0.39, 0.29) is 0 Å². The molecule has 2 atom stereocenters. The summed E-state index contributed by atoms with van der Waals surface area (Å²) in [7, 11) is 0. The zero-order valence-electron chi connectivity index (χ0n) is 12.1. The summed E-state index contributed by atoms with van der Waals surface area (Å²) in [6.45, 7) is 6.58. The first-order valence-corrected chi connectivity index (χ1v) is 7.21. The van der Waals surface area contributed by atoms with Crippen LogP contribution in [-0.2, 0) is 0 Å². The predicted octanol–water partition coefficient (Wildman–Crippen LogP) is 2.88. The Morgan fingerprint density at radius 2 is 1.89 bits per heavy atom. The second-order valence-electron chi connectivity index (χ2n) is 5.80. The fraction of sp³-hybridized carbons (Fsp3) is 0.714. The topological polar surface area (TPSA) is 75.9 Å². The number of hydrazine groups is 1. The maximum atomic E-state index is 5.55. The van der Waals surface area contributed by atoms with E-state index in [1.54, 1.807) is 6.33 Å². The lowest BCUT2D eigenvalue weighted by atomic mass is 9.86. The first-order valence-electron chi connectivity index (χ1n) is 7.21. The largest absolute Gasteiger partial charge is 0.367 e. The zero-order chi connectivity index (χ0) is 13.8. The average Bonchev–Trinajstić information content (AvgIpc) is 2.40. The van der Waals surface area contributed by atoms with Crippen molar-refractivity contribution in [1.82, 2.24) is 9.97 Å². The highest BCUT2D eigenvalue weighted by molar-refractivity contribution is 5.58. The molecule has 0 spiro atoms. The van der Waals surface area contributed by atoms with E-state index in [1.165, 1.54) is 25.7 Å². The molecule has 1 aromatic heterocycles. The van der Waals surface area contributed by atoms with Crippen LogP contribution in [0.3, 0.4) is 0 Å². The van der Waals surface area contributed by atoms with Gasteiger partial charge in [0.1, 0.15) is 18.0 Å². The predicted molar refractivity (Wildman–Crippen MR) is 79.0 cm³/mol. The Hall–Kier alpha value is -1.36. The standard InChI is InChI=1S/C14H25N5/c1-9(2)12-13(16-8-17-14(12)19-15)18-11-7-5-4-6-10(11)3/h8-11H,4-7,15H2,1-3H3,(H2,16,17,18,19). The first kappa shape index (κ1) is 14.1. The number of nitrogen functional groups attached to an aromatic ring is 1. The van der Waals surface area contributed by atoms with Gasteiger partial charge in [0, 0.05) is 11.6 Å². The number of nitrogens with two attached hydrogens (primary N) is 1. The summed E-state index contributed by atoms with van der Waals surface area (Å²) in [6.07, 6.45) is 6.72. The number of nitrogens with zero attached hydrogens (tertiary/aromatic N) is 2. The van der Waals surface area contributed by atoms with Crippen LogP contribution in [0.25, 0.3) is 0 Å². The second-order valence-corrected chi connectivity index (χ2v) is 5.80. The van der Waals surface area contributed by atoms with Crippen molar-refractivity contribution in [2.75, 3.05) is 10.7 Å². The van der Waals surface area contributed by atoms with Gasteiger partial charge in [-0.2, -0.15) is 0 Å². The van der Waals surface area contributed by atoms with Crippen LogP contribution in [0.15, 0.2) is 6.33 Å². The molecule has 2 rings (SSSR count). The molecule has 0 amide bonds. The van der Waals surface area contributed by atoms with Gasteiger partial charge < -0.3 is 10.7 Å². The van der Waals surface area contributed by atoms with Crippen molar-refractivity contribution in [3.05, 3.63) is 11.9 Å². The van der Waals surface area contributed by atoms with Crippen LogP contribution in [0.1, 0.15) is 57.9 Å². The lowest BCUT2D eigenvalue weighted by molar-refractivity contribution is 0.348. The van der Waals surface area contributed by atoms with Crippen LogP contribution in [0.4, 0.5) is 11.6 Å². The molecule has 0 aromatic carbocycles. The molecule has 1 aromatic rings. The van der Waals surface area contributed by atoms with Crippen molar-refractivity contribution in [2.45, 2.75) is 58.4 Å². The molecule has 1 aliphatic carbocycles. The SMILES string of the molecule is CC(C)c1c(NN)ncnc1NC1CCCCC1C. The maximum Gasteiger partial charge on any atom is 0.148 e. The third kappa shape index (κ3) is 3.15. The Bertz CT molecular complexity index is 418. The number of rotatable bonds is 4. The Labute approximate surface area is 115 Å². The van der Waals surface area contributed by atoms with Gasteiger partial charge in [-0.15, -0.1) is 0 Å². The Kier molecular flexibility index (Phi) is 4.58. The van der Waals surface area contributed by atoms with Crippen LogP contribution >= 0.6 is 0 Å².